The third kappa shape index (κ3) is 4.73. The van der Waals surface area contributed by atoms with Gasteiger partial charge < -0.3 is 0 Å². The zero-order valence-electron chi connectivity index (χ0n) is 11.6. The number of rotatable bonds is 5. The topological polar surface area (TPSA) is 67.4 Å². The quantitative estimate of drug-likeness (QED) is 0.790. The molecular formula is C13H12F3N5S. The molecule has 1 aromatic carbocycles. The molecule has 0 saturated carbocycles. The van der Waals surface area contributed by atoms with E-state index in [1.165, 1.54) is 0 Å². The zero-order valence-corrected chi connectivity index (χ0v) is 12.4. The van der Waals surface area contributed by atoms with Crippen LogP contribution in [-0.4, -0.2) is 31.6 Å². The van der Waals surface area contributed by atoms with Crippen LogP contribution in [-0.2, 0) is 13.0 Å². The van der Waals surface area contributed by atoms with Gasteiger partial charge in [-0.05, 0) is 29.3 Å². The Hall–Kier alpha value is -2.08. The highest BCUT2D eigenvalue weighted by Crippen LogP contribution is 2.25. The first-order valence-electron chi connectivity index (χ1n) is 6.32. The lowest BCUT2D eigenvalue weighted by Crippen LogP contribution is -2.20. The normalized spacial score (nSPS) is 12.9. The molecule has 1 aromatic heterocycles. The molecular weight excluding hydrogens is 315 g/mol. The van der Waals surface area contributed by atoms with Crippen LogP contribution in [0.3, 0.4) is 0 Å². The van der Waals surface area contributed by atoms with Crippen LogP contribution < -0.4 is 0 Å². The largest absolute Gasteiger partial charge is 0.408 e. The lowest BCUT2D eigenvalue weighted by Gasteiger charge is -2.10. The van der Waals surface area contributed by atoms with E-state index in [4.69, 9.17) is 0 Å². The van der Waals surface area contributed by atoms with Crippen molar-refractivity contribution in [3.63, 3.8) is 0 Å². The van der Waals surface area contributed by atoms with Crippen LogP contribution in [0.25, 0.3) is 0 Å². The maximum Gasteiger partial charge on any atom is 0.408 e. The number of hydrogen-bond donors (Lipinski definition) is 0. The van der Waals surface area contributed by atoms with Gasteiger partial charge in [-0.1, -0.05) is 41.6 Å². The summed E-state index contributed by atoms with van der Waals surface area (Å²) in [6.07, 6.45) is -4.01. The Morgan fingerprint density at radius 3 is 2.59 bits per heavy atom. The van der Waals surface area contributed by atoms with Crippen molar-refractivity contribution in [3.8, 4) is 6.07 Å². The monoisotopic (exact) mass is 327 g/mol. The van der Waals surface area contributed by atoms with Gasteiger partial charge in [-0.3, -0.25) is 0 Å². The van der Waals surface area contributed by atoms with Gasteiger partial charge in [0.15, 0.2) is 0 Å². The highest BCUT2D eigenvalue weighted by atomic mass is 32.2. The number of aryl methyl sites for hydroxylation is 1. The van der Waals surface area contributed by atoms with Crippen molar-refractivity contribution < 1.29 is 13.2 Å². The summed E-state index contributed by atoms with van der Waals surface area (Å²) in [5, 5.41) is 18.7. The summed E-state index contributed by atoms with van der Waals surface area (Å²) in [5.41, 5.74) is 2.03. The Kier molecular flexibility index (Phi) is 5.03. The predicted octanol–water partition coefficient (Wildman–Crippen LogP) is 2.77. The SMILES string of the molecule is Cc1ccc(C[C@H](C#N)Sc2nnnn2CC(F)(F)F)cc1. The standard InChI is InChI=1S/C13H12F3N5S/c1-9-2-4-10(5-3-9)6-11(7-17)22-12-18-19-20-21(12)8-13(14,15)16/h2-5,11H,6,8H2,1H3/t11-/m1/s1. The van der Waals surface area contributed by atoms with Crippen molar-refractivity contribution in [1.29, 1.82) is 5.26 Å². The lowest BCUT2D eigenvalue weighted by atomic mass is 10.1. The number of nitrogens with zero attached hydrogens (tertiary/aromatic N) is 5. The summed E-state index contributed by atoms with van der Waals surface area (Å²) in [6, 6.07) is 9.68. The molecule has 0 aliphatic heterocycles. The molecule has 22 heavy (non-hydrogen) atoms. The molecule has 9 heteroatoms. The zero-order chi connectivity index (χ0) is 16.2. The number of aromatic nitrogens is 4. The summed E-state index contributed by atoms with van der Waals surface area (Å²) in [4.78, 5) is 0. The van der Waals surface area contributed by atoms with Gasteiger partial charge in [0.1, 0.15) is 11.8 Å². The number of halogens is 3. The minimum atomic E-state index is -4.41. The minimum Gasteiger partial charge on any atom is -0.211 e. The predicted molar refractivity (Wildman–Crippen MR) is 74.0 cm³/mol. The fourth-order valence-electron chi connectivity index (χ4n) is 1.73. The molecule has 0 unspecified atom stereocenters. The van der Waals surface area contributed by atoms with Gasteiger partial charge in [-0.2, -0.15) is 18.4 Å². The van der Waals surface area contributed by atoms with Gasteiger partial charge in [0, 0.05) is 0 Å². The molecule has 5 nitrogen and oxygen atoms in total. The molecule has 0 N–H and O–H groups in total. The molecule has 1 atom stereocenters. The third-order valence-corrected chi connectivity index (χ3v) is 3.82. The molecule has 0 amide bonds. The van der Waals surface area contributed by atoms with Gasteiger partial charge in [0.25, 0.3) is 0 Å². The van der Waals surface area contributed by atoms with E-state index in [2.05, 4.69) is 21.6 Å². The number of benzene rings is 1. The molecule has 0 fully saturated rings. The molecule has 0 aliphatic carbocycles. The molecule has 0 saturated heterocycles. The van der Waals surface area contributed by atoms with Crippen LogP contribution in [0, 0.1) is 18.3 Å². The molecule has 0 spiro atoms. The second-order valence-corrected chi connectivity index (χ2v) is 5.83. The Morgan fingerprint density at radius 1 is 1.32 bits per heavy atom. The van der Waals surface area contributed by atoms with Crippen LogP contribution >= 0.6 is 11.8 Å². The highest BCUT2D eigenvalue weighted by molar-refractivity contribution is 8.00. The number of thioether (sulfide) groups is 1. The van der Waals surface area contributed by atoms with Crippen LogP contribution in [0.5, 0.6) is 0 Å². The summed E-state index contributed by atoms with van der Waals surface area (Å²) >= 11 is 0.927. The van der Waals surface area contributed by atoms with E-state index < -0.39 is 18.0 Å². The fraction of sp³-hybridized carbons (Fsp3) is 0.385. The summed E-state index contributed by atoms with van der Waals surface area (Å²) < 4.78 is 37.9. The van der Waals surface area contributed by atoms with Crippen LogP contribution in [0.1, 0.15) is 11.1 Å². The number of alkyl halides is 3. The second kappa shape index (κ2) is 6.79. The van der Waals surface area contributed by atoms with Crippen molar-refractivity contribution >= 4 is 11.8 Å². The minimum absolute atomic E-state index is 0.0176. The van der Waals surface area contributed by atoms with E-state index in [9.17, 15) is 18.4 Å². The van der Waals surface area contributed by atoms with Crippen molar-refractivity contribution in [2.75, 3.05) is 0 Å². The Bertz CT molecular complexity index is 660. The molecule has 0 bridgehead atoms. The molecule has 2 rings (SSSR count). The lowest BCUT2D eigenvalue weighted by molar-refractivity contribution is -0.144. The second-order valence-electron chi connectivity index (χ2n) is 4.66. The molecule has 1 heterocycles. The van der Waals surface area contributed by atoms with Gasteiger partial charge in [-0.15, -0.1) is 5.10 Å². The Balaban J connectivity index is 2.06. The highest BCUT2D eigenvalue weighted by Gasteiger charge is 2.30. The van der Waals surface area contributed by atoms with Crippen LogP contribution in [0.4, 0.5) is 13.2 Å². The van der Waals surface area contributed by atoms with Crippen molar-refractivity contribution in [1.82, 2.24) is 20.2 Å². The van der Waals surface area contributed by atoms with Crippen molar-refractivity contribution in [2.24, 2.45) is 0 Å². The maximum atomic E-state index is 12.4. The summed E-state index contributed by atoms with van der Waals surface area (Å²) in [6.45, 7) is 0.677. The van der Waals surface area contributed by atoms with Gasteiger partial charge in [0.2, 0.25) is 5.16 Å². The van der Waals surface area contributed by atoms with E-state index in [1.54, 1.807) is 0 Å². The summed E-state index contributed by atoms with van der Waals surface area (Å²) in [7, 11) is 0. The number of tetrazole rings is 1. The average molecular weight is 327 g/mol. The summed E-state index contributed by atoms with van der Waals surface area (Å²) in [5.74, 6) is 0. The van der Waals surface area contributed by atoms with E-state index >= 15 is 0 Å². The molecule has 0 aliphatic rings. The Morgan fingerprint density at radius 2 is 2.00 bits per heavy atom. The van der Waals surface area contributed by atoms with Crippen LogP contribution in [0.2, 0.25) is 0 Å². The molecule has 116 valence electrons. The van der Waals surface area contributed by atoms with Crippen molar-refractivity contribution in [3.05, 3.63) is 35.4 Å². The van der Waals surface area contributed by atoms with E-state index in [0.29, 0.717) is 11.1 Å². The van der Waals surface area contributed by atoms with E-state index in [-0.39, 0.29) is 5.16 Å². The smallest absolute Gasteiger partial charge is 0.211 e. The first-order valence-corrected chi connectivity index (χ1v) is 7.20. The van der Waals surface area contributed by atoms with Crippen LogP contribution in [0.15, 0.2) is 29.4 Å². The molecule has 2 aromatic rings. The maximum absolute atomic E-state index is 12.4. The van der Waals surface area contributed by atoms with Gasteiger partial charge in [-0.25, -0.2) is 4.68 Å². The van der Waals surface area contributed by atoms with E-state index in [0.717, 1.165) is 22.9 Å². The van der Waals surface area contributed by atoms with Gasteiger partial charge >= 0.3 is 6.18 Å². The number of nitriles is 1. The third-order valence-electron chi connectivity index (χ3n) is 2.76. The fourth-order valence-corrected chi connectivity index (χ4v) is 2.62. The average Bonchev–Trinajstić information content (AvgIpc) is 2.85. The number of hydrogen-bond acceptors (Lipinski definition) is 5. The first-order chi connectivity index (χ1) is 10.4. The first kappa shape index (κ1) is 16.3. The van der Waals surface area contributed by atoms with Crippen molar-refractivity contribution in [2.45, 2.75) is 36.5 Å². The Labute approximate surface area is 129 Å². The van der Waals surface area contributed by atoms with Gasteiger partial charge in [0.05, 0.1) is 6.07 Å². The molecule has 0 radical (unpaired) electrons. The van der Waals surface area contributed by atoms with E-state index in [1.807, 2.05) is 31.2 Å².